The Bertz CT molecular complexity index is 267. The zero-order valence-electron chi connectivity index (χ0n) is 9.27. The highest BCUT2D eigenvalue weighted by atomic mass is 16.4. The molecule has 0 aromatic rings. The van der Waals surface area contributed by atoms with Crippen molar-refractivity contribution in [3.63, 3.8) is 0 Å². The molecule has 15 heavy (non-hydrogen) atoms. The number of hydrogen-bond donors (Lipinski definition) is 1. The molecule has 0 spiro atoms. The second-order valence-electron chi connectivity index (χ2n) is 4.44. The molecule has 0 rings (SSSR count). The molecule has 0 amide bonds. The standard InChI is InChI=1S/C10H17NO4/c1-5-7(12)9(10(14)15)8(13)6-11(2,3)4/h5,8-9,13H,1,6H2,2-4H3. The fourth-order valence-electron chi connectivity index (χ4n) is 1.26. The average molecular weight is 215 g/mol. The third kappa shape index (κ3) is 4.71. The molecule has 0 heterocycles. The van der Waals surface area contributed by atoms with Gasteiger partial charge in [0.25, 0.3) is 0 Å². The first-order valence-corrected chi connectivity index (χ1v) is 4.54. The van der Waals surface area contributed by atoms with Crippen molar-refractivity contribution in [3.05, 3.63) is 12.7 Å². The van der Waals surface area contributed by atoms with E-state index in [0.29, 0.717) is 4.48 Å². The number of aliphatic carboxylic acids is 1. The SMILES string of the molecule is C=CC(=O)C(C(=O)[O-])C(O)C[N+](C)(C)C. The van der Waals surface area contributed by atoms with Crippen LogP contribution < -0.4 is 5.11 Å². The lowest BCUT2D eigenvalue weighted by Crippen LogP contribution is -2.50. The first-order valence-electron chi connectivity index (χ1n) is 4.54. The first kappa shape index (κ1) is 13.8. The molecule has 0 radical (unpaired) electrons. The van der Waals surface area contributed by atoms with Crippen LogP contribution in [0.15, 0.2) is 12.7 Å². The Labute approximate surface area is 89.2 Å². The van der Waals surface area contributed by atoms with Gasteiger partial charge in [-0.2, -0.15) is 0 Å². The van der Waals surface area contributed by atoms with E-state index in [9.17, 15) is 19.8 Å². The van der Waals surface area contributed by atoms with Crippen molar-refractivity contribution in [2.75, 3.05) is 27.7 Å². The fourth-order valence-corrected chi connectivity index (χ4v) is 1.26. The molecule has 1 N–H and O–H groups in total. The predicted molar refractivity (Wildman–Crippen MR) is 52.6 cm³/mol. The van der Waals surface area contributed by atoms with Crippen LogP contribution in [0.1, 0.15) is 0 Å². The molecular formula is C10H17NO4. The quantitative estimate of drug-likeness (QED) is 0.321. The lowest BCUT2D eigenvalue weighted by Gasteiger charge is -2.30. The number of aliphatic hydroxyl groups excluding tert-OH is 1. The molecular weight excluding hydrogens is 198 g/mol. The zero-order chi connectivity index (χ0) is 12.2. The van der Waals surface area contributed by atoms with Crippen LogP contribution in [-0.4, -0.2) is 55.1 Å². The summed E-state index contributed by atoms with van der Waals surface area (Å²) in [4.78, 5) is 21.9. The van der Waals surface area contributed by atoms with Gasteiger partial charge in [0.05, 0.1) is 33.0 Å². The van der Waals surface area contributed by atoms with Crippen LogP contribution >= 0.6 is 0 Å². The van der Waals surface area contributed by atoms with Crippen LogP contribution in [0, 0.1) is 5.92 Å². The molecule has 0 saturated carbocycles. The molecule has 0 aliphatic rings. The zero-order valence-corrected chi connectivity index (χ0v) is 9.27. The number of carbonyl (C=O) groups is 2. The van der Waals surface area contributed by atoms with Crippen LogP contribution in [0.5, 0.6) is 0 Å². The highest BCUT2D eigenvalue weighted by Crippen LogP contribution is 2.09. The number of rotatable bonds is 6. The number of ketones is 1. The maximum Gasteiger partial charge on any atom is 0.166 e. The normalized spacial score (nSPS) is 15.5. The van der Waals surface area contributed by atoms with Gasteiger partial charge in [-0.25, -0.2) is 0 Å². The highest BCUT2D eigenvalue weighted by Gasteiger charge is 2.30. The van der Waals surface area contributed by atoms with Gasteiger partial charge >= 0.3 is 0 Å². The van der Waals surface area contributed by atoms with Crippen molar-refractivity contribution in [1.82, 2.24) is 0 Å². The third-order valence-corrected chi connectivity index (χ3v) is 1.88. The van der Waals surface area contributed by atoms with E-state index in [1.165, 1.54) is 0 Å². The summed E-state index contributed by atoms with van der Waals surface area (Å²) in [6.07, 6.45) is -0.375. The summed E-state index contributed by atoms with van der Waals surface area (Å²) >= 11 is 0. The maximum absolute atomic E-state index is 11.2. The van der Waals surface area contributed by atoms with Gasteiger partial charge in [0.1, 0.15) is 12.6 Å². The van der Waals surface area contributed by atoms with Gasteiger partial charge < -0.3 is 19.5 Å². The summed E-state index contributed by atoms with van der Waals surface area (Å²) in [7, 11) is 5.36. The summed E-state index contributed by atoms with van der Waals surface area (Å²) < 4.78 is 0.357. The Morgan fingerprint density at radius 2 is 1.93 bits per heavy atom. The molecule has 5 nitrogen and oxygen atoms in total. The highest BCUT2D eigenvalue weighted by molar-refractivity contribution is 6.04. The Kier molecular flexibility index (Phi) is 4.64. The lowest BCUT2D eigenvalue weighted by molar-refractivity contribution is -0.873. The largest absolute Gasteiger partial charge is 0.549 e. The second kappa shape index (κ2) is 5.04. The molecule has 0 aromatic heterocycles. The van der Waals surface area contributed by atoms with Crippen LogP contribution in [0.25, 0.3) is 0 Å². The first-order chi connectivity index (χ1) is 6.69. The summed E-state index contributed by atoms with van der Waals surface area (Å²) in [6, 6.07) is 0. The molecule has 5 heteroatoms. The molecule has 2 unspecified atom stereocenters. The van der Waals surface area contributed by atoms with Crippen LogP contribution in [0.3, 0.4) is 0 Å². The van der Waals surface area contributed by atoms with Crippen molar-refractivity contribution in [2.24, 2.45) is 5.92 Å². The van der Waals surface area contributed by atoms with E-state index in [1.54, 1.807) is 21.1 Å². The molecule has 0 fully saturated rings. The summed E-state index contributed by atoms with van der Waals surface area (Å²) in [5.74, 6) is -3.82. The van der Waals surface area contributed by atoms with Gasteiger partial charge in [-0.3, -0.25) is 4.79 Å². The topological polar surface area (TPSA) is 77.4 Å². The minimum Gasteiger partial charge on any atom is -0.549 e. The number of carbonyl (C=O) groups excluding carboxylic acids is 2. The molecule has 0 bridgehead atoms. The Morgan fingerprint density at radius 1 is 1.47 bits per heavy atom. The van der Waals surface area contributed by atoms with Crippen molar-refractivity contribution >= 4 is 11.8 Å². The number of quaternary nitrogens is 1. The summed E-state index contributed by atoms with van der Waals surface area (Å²) in [5.41, 5.74) is 0. The molecule has 0 aliphatic heterocycles. The predicted octanol–water partition coefficient (Wildman–Crippen LogP) is -1.83. The van der Waals surface area contributed by atoms with Crippen molar-refractivity contribution in [1.29, 1.82) is 0 Å². The molecule has 2 atom stereocenters. The van der Waals surface area contributed by atoms with E-state index in [4.69, 9.17) is 0 Å². The summed E-state index contributed by atoms with van der Waals surface area (Å²) in [6.45, 7) is 3.34. The Morgan fingerprint density at radius 3 is 2.20 bits per heavy atom. The van der Waals surface area contributed by atoms with Crippen LogP contribution in [-0.2, 0) is 9.59 Å². The van der Waals surface area contributed by atoms with Gasteiger partial charge in [-0.05, 0) is 6.08 Å². The number of hydrogen-bond acceptors (Lipinski definition) is 4. The smallest absolute Gasteiger partial charge is 0.166 e. The second-order valence-corrected chi connectivity index (χ2v) is 4.44. The third-order valence-electron chi connectivity index (χ3n) is 1.88. The van der Waals surface area contributed by atoms with E-state index in [2.05, 4.69) is 6.58 Å². The van der Waals surface area contributed by atoms with E-state index < -0.39 is 23.8 Å². The van der Waals surface area contributed by atoms with E-state index in [0.717, 1.165) is 6.08 Å². The van der Waals surface area contributed by atoms with Gasteiger partial charge in [-0.15, -0.1) is 0 Å². The maximum atomic E-state index is 11.2. The minimum atomic E-state index is -1.57. The number of carboxylic acids is 1. The number of carboxylic acid groups (broad SMARTS) is 1. The number of likely N-dealkylation sites (N-methyl/N-ethyl adjacent to an activating group) is 1. The van der Waals surface area contributed by atoms with E-state index in [1.807, 2.05) is 0 Å². The van der Waals surface area contributed by atoms with Gasteiger partial charge in [-0.1, -0.05) is 6.58 Å². The van der Waals surface area contributed by atoms with Crippen molar-refractivity contribution in [3.8, 4) is 0 Å². The summed E-state index contributed by atoms with van der Waals surface area (Å²) in [5, 5.41) is 20.3. The lowest BCUT2D eigenvalue weighted by atomic mass is 9.96. The fraction of sp³-hybridized carbons (Fsp3) is 0.600. The number of aliphatic hydroxyl groups is 1. The minimum absolute atomic E-state index is 0.151. The molecule has 0 saturated heterocycles. The number of allylic oxidation sites excluding steroid dienone is 1. The molecule has 0 aromatic carbocycles. The van der Waals surface area contributed by atoms with Crippen LogP contribution in [0.2, 0.25) is 0 Å². The molecule has 86 valence electrons. The van der Waals surface area contributed by atoms with Crippen molar-refractivity contribution in [2.45, 2.75) is 6.10 Å². The van der Waals surface area contributed by atoms with Gasteiger partial charge in [0.2, 0.25) is 0 Å². The Balaban J connectivity index is 4.71. The monoisotopic (exact) mass is 215 g/mol. The van der Waals surface area contributed by atoms with Crippen LogP contribution in [0.4, 0.5) is 0 Å². The van der Waals surface area contributed by atoms with Gasteiger partial charge in [0, 0.05) is 0 Å². The average Bonchev–Trinajstić information content (AvgIpc) is 1.99. The van der Waals surface area contributed by atoms with E-state index in [-0.39, 0.29) is 6.54 Å². The number of nitrogens with zero attached hydrogens (tertiary/aromatic N) is 1. The van der Waals surface area contributed by atoms with Crippen molar-refractivity contribution < 1.29 is 24.3 Å². The van der Waals surface area contributed by atoms with Gasteiger partial charge in [0.15, 0.2) is 5.78 Å². The molecule has 0 aliphatic carbocycles. The Hall–Kier alpha value is -1.20. The van der Waals surface area contributed by atoms with E-state index >= 15 is 0 Å².